The Morgan fingerprint density at radius 1 is 1.14 bits per heavy atom. The predicted molar refractivity (Wildman–Crippen MR) is 86.6 cm³/mol. The summed E-state index contributed by atoms with van der Waals surface area (Å²) < 4.78 is 18.4. The lowest BCUT2D eigenvalue weighted by Crippen LogP contribution is -2.16. The average molecular weight is 303 g/mol. The summed E-state index contributed by atoms with van der Waals surface area (Å²) in [4.78, 5) is 4.20. The second-order valence-electron chi connectivity index (χ2n) is 4.99. The van der Waals surface area contributed by atoms with E-state index < -0.39 is 0 Å². The van der Waals surface area contributed by atoms with Crippen LogP contribution in [-0.4, -0.2) is 25.2 Å². The third kappa shape index (κ3) is 5.33. The zero-order valence-electron chi connectivity index (χ0n) is 12.8. The number of hydrogen-bond donors (Lipinski definition) is 2. The van der Waals surface area contributed by atoms with E-state index in [2.05, 4.69) is 15.6 Å². The van der Waals surface area contributed by atoms with Crippen molar-refractivity contribution in [3.63, 3.8) is 0 Å². The van der Waals surface area contributed by atoms with Gasteiger partial charge in [-0.1, -0.05) is 12.1 Å². The van der Waals surface area contributed by atoms with Gasteiger partial charge in [-0.3, -0.25) is 0 Å². The quantitative estimate of drug-likeness (QED) is 0.698. The van der Waals surface area contributed by atoms with Crippen molar-refractivity contribution in [3.05, 3.63) is 54.0 Å². The molecule has 0 spiro atoms. The van der Waals surface area contributed by atoms with E-state index in [1.54, 1.807) is 12.3 Å². The molecule has 1 aromatic heterocycles. The monoisotopic (exact) mass is 303 g/mol. The van der Waals surface area contributed by atoms with Crippen LogP contribution in [0.5, 0.6) is 5.75 Å². The number of anilines is 1. The molecular weight excluding hydrogens is 281 g/mol. The molecule has 0 aliphatic rings. The second kappa shape index (κ2) is 9.00. The average Bonchev–Trinajstić information content (AvgIpc) is 2.55. The number of ether oxygens (including phenoxy) is 1. The summed E-state index contributed by atoms with van der Waals surface area (Å²) in [5.41, 5.74) is 0.921. The molecule has 0 saturated heterocycles. The van der Waals surface area contributed by atoms with Gasteiger partial charge in [-0.25, -0.2) is 9.37 Å². The molecule has 0 aliphatic heterocycles. The van der Waals surface area contributed by atoms with Gasteiger partial charge in [0.05, 0.1) is 7.11 Å². The summed E-state index contributed by atoms with van der Waals surface area (Å²) >= 11 is 0. The van der Waals surface area contributed by atoms with Crippen LogP contribution >= 0.6 is 0 Å². The fourth-order valence-electron chi connectivity index (χ4n) is 2.11. The topological polar surface area (TPSA) is 46.2 Å². The van der Waals surface area contributed by atoms with Gasteiger partial charge in [-0.15, -0.1) is 0 Å². The first kappa shape index (κ1) is 16.2. The molecule has 118 valence electrons. The van der Waals surface area contributed by atoms with Crippen molar-refractivity contribution in [1.29, 1.82) is 0 Å². The summed E-state index contributed by atoms with van der Waals surface area (Å²) in [5, 5.41) is 6.59. The number of pyridine rings is 1. The van der Waals surface area contributed by atoms with E-state index >= 15 is 0 Å². The van der Waals surface area contributed by atoms with E-state index in [4.69, 9.17) is 4.74 Å². The number of nitrogens with one attached hydrogen (secondary N) is 2. The number of unbranched alkanes of at least 4 members (excludes halogenated alkanes) is 1. The molecule has 4 nitrogen and oxygen atoms in total. The first-order valence-corrected chi connectivity index (χ1v) is 7.47. The number of methoxy groups -OCH3 is 1. The smallest absolute Gasteiger partial charge is 0.165 e. The third-order valence-corrected chi connectivity index (χ3v) is 3.30. The number of hydrogen-bond acceptors (Lipinski definition) is 4. The van der Waals surface area contributed by atoms with Crippen molar-refractivity contribution in [2.24, 2.45) is 0 Å². The maximum Gasteiger partial charge on any atom is 0.165 e. The Kier molecular flexibility index (Phi) is 6.64. The molecule has 1 aromatic carbocycles. The molecule has 2 N–H and O–H groups in total. The van der Waals surface area contributed by atoms with Gasteiger partial charge < -0.3 is 15.4 Å². The summed E-state index contributed by atoms with van der Waals surface area (Å²) in [6.45, 7) is 2.46. The minimum Gasteiger partial charge on any atom is -0.494 e. The molecule has 2 rings (SSSR count). The lowest BCUT2D eigenvalue weighted by Gasteiger charge is -2.08. The van der Waals surface area contributed by atoms with Gasteiger partial charge in [0.2, 0.25) is 0 Å². The van der Waals surface area contributed by atoms with E-state index in [-0.39, 0.29) is 11.6 Å². The van der Waals surface area contributed by atoms with Crippen LogP contribution in [0.4, 0.5) is 10.2 Å². The lowest BCUT2D eigenvalue weighted by molar-refractivity contribution is 0.386. The fraction of sp³-hybridized carbons (Fsp3) is 0.353. The normalized spacial score (nSPS) is 10.5. The van der Waals surface area contributed by atoms with E-state index in [1.165, 1.54) is 13.2 Å². The van der Waals surface area contributed by atoms with Crippen LogP contribution in [0.15, 0.2) is 42.6 Å². The highest BCUT2D eigenvalue weighted by molar-refractivity contribution is 5.32. The van der Waals surface area contributed by atoms with E-state index in [1.807, 2.05) is 24.3 Å². The molecule has 2 aromatic rings. The molecule has 1 heterocycles. The molecule has 0 aliphatic carbocycles. The number of nitrogens with zero attached hydrogens (tertiary/aromatic N) is 1. The SMILES string of the molecule is COc1ccc(CNCCCCNc2ccccn2)cc1F. The van der Waals surface area contributed by atoms with Gasteiger partial charge >= 0.3 is 0 Å². The number of benzene rings is 1. The van der Waals surface area contributed by atoms with Crippen molar-refractivity contribution < 1.29 is 9.13 Å². The summed E-state index contributed by atoms with van der Waals surface area (Å²) in [5.74, 6) is 0.870. The molecule has 0 amide bonds. The third-order valence-electron chi connectivity index (χ3n) is 3.30. The van der Waals surface area contributed by atoms with Crippen LogP contribution < -0.4 is 15.4 Å². The van der Waals surface area contributed by atoms with E-state index in [0.717, 1.165) is 37.3 Å². The Bertz CT molecular complexity index is 563. The second-order valence-corrected chi connectivity index (χ2v) is 4.99. The molecule has 0 saturated carbocycles. The summed E-state index contributed by atoms with van der Waals surface area (Å²) in [6, 6.07) is 10.9. The molecule has 0 radical (unpaired) electrons. The van der Waals surface area contributed by atoms with Gasteiger partial charge in [0, 0.05) is 19.3 Å². The predicted octanol–water partition coefficient (Wildman–Crippen LogP) is 3.21. The van der Waals surface area contributed by atoms with Crippen molar-refractivity contribution in [3.8, 4) is 5.75 Å². The van der Waals surface area contributed by atoms with E-state index in [0.29, 0.717) is 6.54 Å². The zero-order valence-corrected chi connectivity index (χ0v) is 12.8. The number of aromatic nitrogens is 1. The van der Waals surface area contributed by atoms with E-state index in [9.17, 15) is 4.39 Å². The number of halogens is 1. The first-order chi connectivity index (χ1) is 10.8. The molecule has 22 heavy (non-hydrogen) atoms. The zero-order chi connectivity index (χ0) is 15.6. The van der Waals surface area contributed by atoms with Crippen molar-refractivity contribution in [1.82, 2.24) is 10.3 Å². The van der Waals surface area contributed by atoms with Crippen LogP contribution in [0.3, 0.4) is 0 Å². The molecule has 0 unspecified atom stereocenters. The summed E-state index contributed by atoms with van der Waals surface area (Å²) in [6.07, 6.45) is 3.89. The standard InChI is InChI=1S/C17H22FN3O/c1-22-16-8-7-14(12-15(16)18)13-19-9-4-5-11-21-17-6-2-3-10-20-17/h2-3,6-8,10,12,19H,4-5,9,11,13H2,1H3,(H,20,21). The fourth-order valence-corrected chi connectivity index (χ4v) is 2.11. The molecule has 5 heteroatoms. The highest BCUT2D eigenvalue weighted by Gasteiger charge is 2.02. The van der Waals surface area contributed by atoms with Gasteiger partial charge in [0.1, 0.15) is 5.82 Å². The van der Waals surface area contributed by atoms with Crippen LogP contribution in [0, 0.1) is 5.82 Å². The van der Waals surface area contributed by atoms with Gasteiger partial charge in [-0.2, -0.15) is 0 Å². The highest BCUT2D eigenvalue weighted by Crippen LogP contribution is 2.17. The largest absolute Gasteiger partial charge is 0.494 e. The Hall–Kier alpha value is -2.14. The van der Waals surface area contributed by atoms with Crippen LogP contribution in [-0.2, 0) is 6.54 Å². The maximum absolute atomic E-state index is 13.5. The van der Waals surface area contributed by atoms with Crippen molar-refractivity contribution >= 4 is 5.82 Å². The van der Waals surface area contributed by atoms with Gasteiger partial charge in [0.15, 0.2) is 11.6 Å². The molecule has 0 bridgehead atoms. The molecule has 0 atom stereocenters. The Labute approximate surface area is 130 Å². The molecule has 0 fully saturated rings. The number of rotatable bonds is 9. The van der Waals surface area contributed by atoms with Crippen molar-refractivity contribution in [2.45, 2.75) is 19.4 Å². The summed E-state index contributed by atoms with van der Waals surface area (Å²) in [7, 11) is 1.47. The highest BCUT2D eigenvalue weighted by atomic mass is 19.1. The van der Waals surface area contributed by atoms with Crippen LogP contribution in [0.25, 0.3) is 0 Å². The molecular formula is C17H22FN3O. The lowest BCUT2D eigenvalue weighted by atomic mass is 10.2. The van der Waals surface area contributed by atoms with Gasteiger partial charge in [0.25, 0.3) is 0 Å². The van der Waals surface area contributed by atoms with Crippen LogP contribution in [0.1, 0.15) is 18.4 Å². The Balaban J connectivity index is 1.57. The first-order valence-electron chi connectivity index (χ1n) is 7.47. The maximum atomic E-state index is 13.5. The van der Waals surface area contributed by atoms with Crippen molar-refractivity contribution in [2.75, 3.05) is 25.5 Å². The minimum atomic E-state index is -0.318. The Morgan fingerprint density at radius 3 is 2.73 bits per heavy atom. The Morgan fingerprint density at radius 2 is 2.00 bits per heavy atom. The van der Waals surface area contributed by atoms with Gasteiger partial charge in [-0.05, 0) is 49.2 Å². The van der Waals surface area contributed by atoms with Crippen LogP contribution in [0.2, 0.25) is 0 Å². The minimum absolute atomic E-state index is 0.282.